The standard InChI is InChI=1S/C22H26N4O3/c1-2-29-19-6-4-3-5-17(19)21-18(26-13-16(23)7-8-20(26)24-21)14-25-11-9-15(10-12-25)22(27)28/h3-8,13,15H,2,9-12,14,23H2,1H3,(H,27,28). The van der Waals surface area contributed by atoms with Gasteiger partial charge < -0.3 is 20.0 Å². The first-order chi connectivity index (χ1) is 14.1. The second kappa shape index (κ2) is 8.13. The summed E-state index contributed by atoms with van der Waals surface area (Å²) in [5.74, 6) is -0.141. The molecule has 3 heterocycles. The summed E-state index contributed by atoms with van der Waals surface area (Å²) in [5.41, 5.74) is 10.4. The molecule has 7 heteroatoms. The van der Waals surface area contributed by atoms with Gasteiger partial charge in [-0.2, -0.15) is 0 Å². The Bertz CT molecular complexity index is 1020. The Kier molecular flexibility index (Phi) is 5.40. The van der Waals surface area contributed by atoms with Gasteiger partial charge in [0.2, 0.25) is 0 Å². The predicted octanol–water partition coefficient (Wildman–Crippen LogP) is 3.28. The fraction of sp³-hybridized carbons (Fsp3) is 0.364. The molecule has 0 saturated carbocycles. The number of nitrogens with two attached hydrogens (primary N) is 1. The van der Waals surface area contributed by atoms with Gasteiger partial charge in [0.15, 0.2) is 0 Å². The molecule has 0 radical (unpaired) electrons. The van der Waals surface area contributed by atoms with E-state index in [4.69, 9.17) is 15.5 Å². The SMILES string of the molecule is CCOc1ccccc1-c1nc2ccc(N)cn2c1CN1CCC(C(=O)O)CC1. The van der Waals surface area contributed by atoms with Crippen molar-refractivity contribution >= 4 is 17.3 Å². The van der Waals surface area contributed by atoms with E-state index in [0.717, 1.165) is 41.4 Å². The van der Waals surface area contributed by atoms with Gasteiger partial charge in [0.05, 0.1) is 23.9 Å². The van der Waals surface area contributed by atoms with Crippen LogP contribution in [0.15, 0.2) is 42.6 Å². The molecule has 29 heavy (non-hydrogen) atoms. The van der Waals surface area contributed by atoms with E-state index in [2.05, 4.69) is 4.90 Å². The number of nitrogens with zero attached hydrogens (tertiary/aromatic N) is 3. The Morgan fingerprint density at radius 3 is 2.72 bits per heavy atom. The summed E-state index contributed by atoms with van der Waals surface area (Å²) in [4.78, 5) is 18.4. The zero-order chi connectivity index (χ0) is 20.4. The highest BCUT2D eigenvalue weighted by Gasteiger charge is 2.26. The first-order valence-electron chi connectivity index (χ1n) is 10.0. The lowest BCUT2D eigenvalue weighted by molar-refractivity contribution is -0.143. The Hall–Kier alpha value is -3.06. The van der Waals surface area contributed by atoms with Gasteiger partial charge in [0.1, 0.15) is 11.4 Å². The minimum absolute atomic E-state index is 0.248. The summed E-state index contributed by atoms with van der Waals surface area (Å²) in [5, 5.41) is 9.27. The number of nitrogen functional groups attached to an aromatic ring is 1. The second-order valence-corrected chi connectivity index (χ2v) is 7.42. The van der Waals surface area contributed by atoms with E-state index in [1.54, 1.807) is 0 Å². The third-order valence-electron chi connectivity index (χ3n) is 5.49. The summed E-state index contributed by atoms with van der Waals surface area (Å²) >= 11 is 0. The van der Waals surface area contributed by atoms with Crippen LogP contribution in [-0.4, -0.2) is 45.1 Å². The molecular formula is C22H26N4O3. The summed E-state index contributed by atoms with van der Waals surface area (Å²) < 4.78 is 7.88. The highest BCUT2D eigenvalue weighted by Crippen LogP contribution is 2.34. The molecule has 0 spiro atoms. The van der Waals surface area contributed by atoms with Gasteiger partial charge in [-0.15, -0.1) is 0 Å². The van der Waals surface area contributed by atoms with Gasteiger partial charge in [-0.25, -0.2) is 4.98 Å². The van der Waals surface area contributed by atoms with E-state index in [9.17, 15) is 9.90 Å². The number of imidazole rings is 1. The number of fused-ring (bicyclic) bond motifs is 1. The van der Waals surface area contributed by atoms with Gasteiger partial charge in [0, 0.05) is 24.0 Å². The van der Waals surface area contributed by atoms with Crippen LogP contribution in [0.25, 0.3) is 16.9 Å². The highest BCUT2D eigenvalue weighted by molar-refractivity contribution is 5.73. The first-order valence-corrected chi connectivity index (χ1v) is 10.0. The number of rotatable bonds is 6. The molecule has 1 saturated heterocycles. The van der Waals surface area contributed by atoms with Crippen molar-refractivity contribution in [1.29, 1.82) is 0 Å². The average Bonchev–Trinajstić information content (AvgIpc) is 3.06. The monoisotopic (exact) mass is 394 g/mol. The minimum atomic E-state index is -0.696. The number of carboxylic acids is 1. The van der Waals surface area contributed by atoms with Gasteiger partial charge in [0.25, 0.3) is 0 Å². The fourth-order valence-electron chi connectivity index (χ4n) is 3.97. The molecule has 4 rings (SSSR count). The number of aliphatic carboxylic acids is 1. The summed E-state index contributed by atoms with van der Waals surface area (Å²) in [6.07, 6.45) is 3.23. The topological polar surface area (TPSA) is 93.1 Å². The zero-order valence-electron chi connectivity index (χ0n) is 16.5. The van der Waals surface area contributed by atoms with Crippen LogP contribution in [0.5, 0.6) is 5.75 Å². The van der Waals surface area contributed by atoms with Crippen molar-refractivity contribution < 1.29 is 14.6 Å². The maximum atomic E-state index is 11.3. The maximum Gasteiger partial charge on any atom is 0.306 e. The third-order valence-corrected chi connectivity index (χ3v) is 5.49. The molecule has 2 aromatic heterocycles. The Labute approximate surface area is 169 Å². The lowest BCUT2D eigenvalue weighted by Crippen LogP contribution is -2.36. The smallest absolute Gasteiger partial charge is 0.306 e. The van der Waals surface area contributed by atoms with Crippen LogP contribution in [0.1, 0.15) is 25.5 Å². The van der Waals surface area contributed by atoms with E-state index in [-0.39, 0.29) is 5.92 Å². The van der Waals surface area contributed by atoms with Gasteiger partial charge in [-0.1, -0.05) is 12.1 Å². The Morgan fingerprint density at radius 2 is 2.00 bits per heavy atom. The second-order valence-electron chi connectivity index (χ2n) is 7.42. The summed E-state index contributed by atoms with van der Waals surface area (Å²) in [7, 11) is 0. The van der Waals surface area contributed by atoms with E-state index >= 15 is 0 Å². The number of piperidine rings is 1. The number of hydrogen-bond donors (Lipinski definition) is 2. The largest absolute Gasteiger partial charge is 0.493 e. The van der Waals surface area contributed by atoms with Crippen molar-refractivity contribution in [2.24, 2.45) is 5.92 Å². The minimum Gasteiger partial charge on any atom is -0.493 e. The molecule has 0 amide bonds. The first kappa shape index (κ1) is 19.3. The summed E-state index contributed by atoms with van der Waals surface area (Å²) in [6, 6.07) is 11.7. The number of hydrogen-bond acceptors (Lipinski definition) is 5. The van der Waals surface area contributed by atoms with E-state index in [0.29, 0.717) is 31.7 Å². The lowest BCUT2D eigenvalue weighted by Gasteiger charge is -2.30. The summed E-state index contributed by atoms with van der Waals surface area (Å²) in [6.45, 7) is 4.72. The van der Waals surface area contributed by atoms with Crippen LogP contribution in [-0.2, 0) is 11.3 Å². The number of benzene rings is 1. The normalized spacial score (nSPS) is 15.6. The van der Waals surface area contributed by atoms with Crippen molar-refractivity contribution in [2.45, 2.75) is 26.3 Å². The molecule has 1 fully saturated rings. The number of carboxylic acid groups (broad SMARTS) is 1. The van der Waals surface area contributed by atoms with Gasteiger partial charge in [-0.05, 0) is 57.1 Å². The predicted molar refractivity (Wildman–Crippen MR) is 112 cm³/mol. The van der Waals surface area contributed by atoms with Crippen LogP contribution in [0.3, 0.4) is 0 Å². The molecule has 0 bridgehead atoms. The van der Waals surface area contributed by atoms with Crippen molar-refractivity contribution in [2.75, 3.05) is 25.4 Å². The molecule has 3 aromatic rings. The van der Waals surface area contributed by atoms with Crippen molar-refractivity contribution in [1.82, 2.24) is 14.3 Å². The van der Waals surface area contributed by atoms with Crippen molar-refractivity contribution in [3.63, 3.8) is 0 Å². The van der Waals surface area contributed by atoms with Crippen LogP contribution in [0.4, 0.5) is 5.69 Å². The van der Waals surface area contributed by atoms with E-state index in [1.807, 2.05) is 53.9 Å². The zero-order valence-corrected chi connectivity index (χ0v) is 16.5. The van der Waals surface area contributed by atoms with Crippen molar-refractivity contribution in [3.05, 3.63) is 48.3 Å². The van der Waals surface area contributed by atoms with Crippen molar-refractivity contribution in [3.8, 4) is 17.0 Å². The number of aromatic nitrogens is 2. The van der Waals surface area contributed by atoms with E-state index in [1.165, 1.54) is 0 Å². The van der Waals surface area contributed by atoms with Crippen LogP contribution in [0, 0.1) is 5.92 Å². The van der Waals surface area contributed by atoms with Gasteiger partial charge >= 0.3 is 5.97 Å². The molecule has 1 aromatic carbocycles. The quantitative estimate of drug-likeness (QED) is 0.666. The number of para-hydroxylation sites is 1. The Balaban J connectivity index is 1.73. The maximum absolute atomic E-state index is 11.3. The Morgan fingerprint density at radius 1 is 1.24 bits per heavy atom. The number of pyridine rings is 1. The van der Waals surface area contributed by atoms with E-state index < -0.39 is 5.97 Å². The van der Waals surface area contributed by atoms with Crippen LogP contribution >= 0.6 is 0 Å². The third kappa shape index (κ3) is 3.91. The molecule has 1 aliphatic rings. The van der Waals surface area contributed by atoms with Crippen LogP contribution < -0.4 is 10.5 Å². The number of anilines is 1. The average molecular weight is 394 g/mol. The fourth-order valence-corrected chi connectivity index (χ4v) is 3.97. The van der Waals surface area contributed by atoms with Crippen LogP contribution in [0.2, 0.25) is 0 Å². The molecule has 152 valence electrons. The molecule has 1 aliphatic heterocycles. The highest BCUT2D eigenvalue weighted by atomic mass is 16.5. The molecular weight excluding hydrogens is 368 g/mol. The number of likely N-dealkylation sites (tertiary alicyclic amines) is 1. The molecule has 7 nitrogen and oxygen atoms in total. The molecule has 0 unspecified atom stereocenters. The number of carbonyl (C=O) groups is 1. The number of ether oxygens (including phenoxy) is 1. The lowest BCUT2D eigenvalue weighted by atomic mass is 9.97. The molecule has 3 N–H and O–H groups in total. The molecule has 0 atom stereocenters. The van der Waals surface area contributed by atoms with Gasteiger partial charge in [-0.3, -0.25) is 9.69 Å². The molecule has 0 aliphatic carbocycles.